The fourth-order valence-corrected chi connectivity index (χ4v) is 0.994. The molecule has 0 saturated heterocycles. The maximum atomic E-state index is 9.57. The second-order valence-corrected chi connectivity index (χ2v) is 3.47. The van der Waals surface area contributed by atoms with Gasteiger partial charge in [-0.2, -0.15) is 0 Å². The third-order valence-corrected chi connectivity index (χ3v) is 1.71. The molecule has 0 aromatic heterocycles. The predicted molar refractivity (Wildman–Crippen MR) is 42.9 cm³/mol. The first-order valence-corrected chi connectivity index (χ1v) is 3.81. The molecule has 64 valence electrons. The average molecular weight is 157 g/mol. The highest BCUT2D eigenvalue weighted by Crippen LogP contribution is 2.19. The van der Waals surface area contributed by atoms with E-state index in [2.05, 4.69) is 0 Å². The highest BCUT2D eigenvalue weighted by molar-refractivity contribution is 5.10. The number of aliphatic hydroxyl groups excluding tert-OH is 1. The fraction of sp³-hybridized carbons (Fsp3) is 0.750. The van der Waals surface area contributed by atoms with E-state index < -0.39 is 11.6 Å². The Morgan fingerprint density at radius 3 is 2.73 bits per heavy atom. The van der Waals surface area contributed by atoms with Crippen LogP contribution in [0.4, 0.5) is 0 Å². The van der Waals surface area contributed by atoms with Crippen LogP contribution in [-0.2, 0) is 4.74 Å². The number of aliphatic hydroxyl groups is 1. The van der Waals surface area contributed by atoms with E-state index in [0.29, 0.717) is 12.4 Å². The maximum Gasteiger partial charge on any atom is 0.128 e. The summed E-state index contributed by atoms with van der Waals surface area (Å²) in [5.74, 6) is 0.623. The lowest BCUT2D eigenvalue weighted by atomic mass is 9.97. The molecule has 0 saturated carbocycles. The molecular weight excluding hydrogens is 142 g/mol. The van der Waals surface area contributed by atoms with E-state index in [9.17, 15) is 5.11 Å². The van der Waals surface area contributed by atoms with Crippen molar-refractivity contribution in [1.82, 2.24) is 0 Å². The van der Waals surface area contributed by atoms with E-state index in [1.165, 1.54) is 0 Å². The molecule has 1 atom stereocenters. The average Bonchev–Trinajstić information content (AvgIpc) is 2.34. The Hall–Kier alpha value is -0.540. The Bertz CT molecular complexity index is 169. The molecule has 0 radical (unpaired) electrons. The number of nitrogens with two attached hydrogens (primary N) is 1. The molecule has 1 unspecified atom stereocenters. The lowest BCUT2D eigenvalue weighted by Gasteiger charge is -2.26. The van der Waals surface area contributed by atoms with Crippen molar-refractivity contribution < 1.29 is 9.84 Å². The number of rotatable bonds is 2. The van der Waals surface area contributed by atoms with Crippen molar-refractivity contribution in [2.24, 2.45) is 5.73 Å². The maximum absolute atomic E-state index is 9.57. The summed E-state index contributed by atoms with van der Waals surface area (Å²) in [6, 6.07) is 0. The summed E-state index contributed by atoms with van der Waals surface area (Å²) in [6.07, 6.45) is 2.09. The van der Waals surface area contributed by atoms with Crippen LogP contribution in [0.3, 0.4) is 0 Å². The van der Waals surface area contributed by atoms with E-state index in [0.717, 1.165) is 6.42 Å². The van der Waals surface area contributed by atoms with Gasteiger partial charge >= 0.3 is 0 Å². The van der Waals surface area contributed by atoms with E-state index in [1.807, 2.05) is 6.08 Å². The van der Waals surface area contributed by atoms with E-state index in [1.54, 1.807) is 13.8 Å². The van der Waals surface area contributed by atoms with Crippen LogP contribution >= 0.6 is 0 Å². The monoisotopic (exact) mass is 157 g/mol. The first-order chi connectivity index (χ1) is 5.02. The SMILES string of the molecule is CC(C)(N)C(O)C1=CCCO1. The normalized spacial score (nSPS) is 20.9. The summed E-state index contributed by atoms with van der Waals surface area (Å²) in [5.41, 5.74) is 5.07. The minimum absolute atomic E-state index is 0.615. The molecule has 0 aliphatic carbocycles. The van der Waals surface area contributed by atoms with Crippen LogP contribution in [-0.4, -0.2) is 23.4 Å². The molecular formula is C8H15NO2. The quantitative estimate of drug-likeness (QED) is 0.609. The zero-order chi connectivity index (χ0) is 8.48. The number of ether oxygens (including phenoxy) is 1. The van der Waals surface area contributed by atoms with Gasteiger partial charge in [-0.1, -0.05) is 0 Å². The number of hydrogen-bond acceptors (Lipinski definition) is 3. The van der Waals surface area contributed by atoms with Gasteiger partial charge in [0, 0.05) is 12.0 Å². The fourth-order valence-electron chi connectivity index (χ4n) is 0.994. The molecule has 3 nitrogen and oxygen atoms in total. The third-order valence-electron chi connectivity index (χ3n) is 1.71. The first kappa shape index (κ1) is 8.56. The molecule has 3 heteroatoms. The van der Waals surface area contributed by atoms with E-state index >= 15 is 0 Å². The zero-order valence-corrected chi connectivity index (χ0v) is 7.00. The van der Waals surface area contributed by atoms with Gasteiger partial charge in [0.05, 0.1) is 6.61 Å². The van der Waals surface area contributed by atoms with Gasteiger partial charge < -0.3 is 15.6 Å². The summed E-state index contributed by atoms with van der Waals surface area (Å²) >= 11 is 0. The van der Waals surface area contributed by atoms with Gasteiger partial charge in [0.15, 0.2) is 0 Å². The Labute approximate surface area is 66.8 Å². The smallest absolute Gasteiger partial charge is 0.128 e. The molecule has 3 N–H and O–H groups in total. The van der Waals surface area contributed by atoms with E-state index in [4.69, 9.17) is 10.5 Å². The van der Waals surface area contributed by atoms with E-state index in [-0.39, 0.29) is 0 Å². The third kappa shape index (κ3) is 1.94. The summed E-state index contributed by atoms with van der Waals surface area (Å²) < 4.78 is 5.17. The van der Waals surface area contributed by atoms with Crippen molar-refractivity contribution in [2.75, 3.05) is 6.61 Å². The van der Waals surface area contributed by atoms with Gasteiger partial charge in [-0.3, -0.25) is 0 Å². The Morgan fingerprint density at radius 2 is 2.36 bits per heavy atom. The van der Waals surface area contributed by atoms with Crippen LogP contribution in [0.2, 0.25) is 0 Å². The first-order valence-electron chi connectivity index (χ1n) is 3.81. The summed E-state index contributed by atoms with van der Waals surface area (Å²) in [4.78, 5) is 0. The van der Waals surface area contributed by atoms with Crippen molar-refractivity contribution in [3.05, 3.63) is 11.8 Å². The van der Waals surface area contributed by atoms with Crippen molar-refractivity contribution >= 4 is 0 Å². The van der Waals surface area contributed by atoms with Gasteiger partial charge in [0.2, 0.25) is 0 Å². The van der Waals surface area contributed by atoms with Crippen molar-refractivity contribution in [1.29, 1.82) is 0 Å². The Balaban J connectivity index is 2.60. The van der Waals surface area contributed by atoms with Crippen LogP contribution in [0, 0.1) is 0 Å². The van der Waals surface area contributed by atoms with Crippen molar-refractivity contribution in [2.45, 2.75) is 31.9 Å². The van der Waals surface area contributed by atoms with Crippen LogP contribution in [0.15, 0.2) is 11.8 Å². The lowest BCUT2D eigenvalue weighted by molar-refractivity contribution is 0.0717. The molecule has 0 aromatic rings. The molecule has 0 bridgehead atoms. The molecule has 1 heterocycles. The van der Waals surface area contributed by atoms with Gasteiger partial charge in [-0.05, 0) is 19.9 Å². The highest BCUT2D eigenvalue weighted by Gasteiger charge is 2.28. The summed E-state index contributed by atoms with van der Waals surface area (Å²) in [7, 11) is 0. The lowest BCUT2D eigenvalue weighted by Crippen LogP contribution is -2.46. The summed E-state index contributed by atoms with van der Waals surface area (Å²) in [6.45, 7) is 4.23. The molecule has 0 spiro atoms. The standard InChI is InChI=1S/C8H15NO2/c1-8(2,9)7(10)6-4-3-5-11-6/h4,7,10H,3,5,9H2,1-2H3. The molecule has 1 aliphatic rings. The molecule has 0 aromatic carbocycles. The second-order valence-electron chi connectivity index (χ2n) is 3.47. The van der Waals surface area contributed by atoms with Crippen LogP contribution in [0.5, 0.6) is 0 Å². The largest absolute Gasteiger partial charge is 0.495 e. The van der Waals surface area contributed by atoms with Crippen LogP contribution < -0.4 is 5.73 Å². The Morgan fingerprint density at radius 1 is 1.73 bits per heavy atom. The molecule has 0 amide bonds. The molecule has 0 fully saturated rings. The van der Waals surface area contributed by atoms with Crippen LogP contribution in [0.25, 0.3) is 0 Å². The van der Waals surface area contributed by atoms with Gasteiger partial charge in [0.1, 0.15) is 11.9 Å². The molecule has 1 rings (SSSR count). The van der Waals surface area contributed by atoms with Crippen molar-refractivity contribution in [3.8, 4) is 0 Å². The zero-order valence-electron chi connectivity index (χ0n) is 7.00. The minimum atomic E-state index is -0.676. The second kappa shape index (κ2) is 2.83. The minimum Gasteiger partial charge on any atom is -0.495 e. The van der Waals surface area contributed by atoms with Gasteiger partial charge in [-0.15, -0.1) is 0 Å². The predicted octanol–water partition coefficient (Wildman–Crippen LogP) is 0.389. The number of hydrogen-bond donors (Lipinski definition) is 2. The molecule has 11 heavy (non-hydrogen) atoms. The Kier molecular flexibility index (Phi) is 2.20. The summed E-state index contributed by atoms with van der Waals surface area (Å²) in [5, 5.41) is 9.57. The van der Waals surface area contributed by atoms with Gasteiger partial charge in [0.25, 0.3) is 0 Å². The topological polar surface area (TPSA) is 55.5 Å². The van der Waals surface area contributed by atoms with Crippen LogP contribution in [0.1, 0.15) is 20.3 Å². The van der Waals surface area contributed by atoms with Gasteiger partial charge in [-0.25, -0.2) is 0 Å². The highest BCUT2D eigenvalue weighted by atomic mass is 16.5. The van der Waals surface area contributed by atoms with Crippen molar-refractivity contribution in [3.63, 3.8) is 0 Å². The molecule has 1 aliphatic heterocycles.